The Kier molecular flexibility index (Phi) is 8.62. The highest BCUT2D eigenvalue weighted by Gasteiger charge is 2.24. The summed E-state index contributed by atoms with van der Waals surface area (Å²) in [6.07, 6.45) is 5.00. The Morgan fingerprint density at radius 2 is 1.69 bits per heavy atom. The molecular formula is C20H25Cl3O2Si. The van der Waals surface area contributed by atoms with Crippen LogP contribution in [0, 0.1) is 0 Å². The molecule has 6 heteroatoms. The average Bonchev–Trinajstić information content (AvgIpc) is 2.59. The van der Waals surface area contributed by atoms with E-state index in [9.17, 15) is 5.11 Å². The van der Waals surface area contributed by atoms with Crippen LogP contribution in [0.25, 0.3) is 11.1 Å². The summed E-state index contributed by atoms with van der Waals surface area (Å²) >= 11 is 17.9. The first-order chi connectivity index (χ1) is 12.4. The van der Waals surface area contributed by atoms with Gasteiger partial charge in [0.2, 0.25) is 0 Å². The summed E-state index contributed by atoms with van der Waals surface area (Å²) in [5.74, 6) is 1.14. The summed E-state index contributed by atoms with van der Waals surface area (Å²) in [6, 6.07) is 11.5. The van der Waals surface area contributed by atoms with Crippen LogP contribution in [0.15, 0.2) is 42.5 Å². The van der Waals surface area contributed by atoms with Crippen LogP contribution >= 0.6 is 33.2 Å². The van der Waals surface area contributed by atoms with Crippen LogP contribution < -0.4 is 4.74 Å². The minimum absolute atomic E-state index is 0.255. The Hall–Kier alpha value is -0.873. The van der Waals surface area contributed by atoms with Crippen LogP contribution in [0.4, 0.5) is 0 Å². The summed E-state index contributed by atoms with van der Waals surface area (Å²) in [6.45, 7) is 2.93. The van der Waals surface area contributed by atoms with Crippen molar-refractivity contribution in [1.82, 2.24) is 0 Å². The molecule has 0 aliphatic rings. The molecule has 2 rings (SSSR count). The molecule has 1 N–H and O–H groups in total. The normalized spacial score (nSPS) is 11.5. The first kappa shape index (κ1) is 21.4. The molecule has 0 aliphatic heterocycles. The van der Waals surface area contributed by atoms with E-state index in [-0.39, 0.29) is 5.75 Å². The van der Waals surface area contributed by atoms with Gasteiger partial charge >= 0.3 is 6.00 Å². The third kappa shape index (κ3) is 7.40. The number of phenolic OH excluding ortho intramolecular Hbond substituents is 1. The van der Waals surface area contributed by atoms with Gasteiger partial charge in [-0.2, -0.15) is 0 Å². The molecular weight excluding hydrogens is 407 g/mol. The molecule has 0 saturated carbocycles. The number of phenols is 1. The average molecular weight is 432 g/mol. The van der Waals surface area contributed by atoms with Crippen molar-refractivity contribution < 1.29 is 9.84 Å². The topological polar surface area (TPSA) is 29.5 Å². The quantitative estimate of drug-likeness (QED) is 0.244. The van der Waals surface area contributed by atoms with Crippen LogP contribution in [0.2, 0.25) is 6.04 Å². The molecule has 0 saturated heterocycles. The molecule has 0 aliphatic carbocycles. The Morgan fingerprint density at radius 3 is 2.35 bits per heavy atom. The molecule has 2 nitrogen and oxygen atoms in total. The minimum atomic E-state index is -2.61. The van der Waals surface area contributed by atoms with Gasteiger partial charge in [-0.15, -0.1) is 33.2 Å². The maximum Gasteiger partial charge on any atom is 0.341 e. The SMILES string of the molecule is CCCCCOc1ccc(-c2ccc(O)cc2CCC[Si](Cl)(Cl)Cl)cc1. The van der Waals surface area contributed by atoms with Gasteiger partial charge in [0.1, 0.15) is 11.5 Å². The lowest BCUT2D eigenvalue weighted by atomic mass is 9.96. The summed E-state index contributed by atoms with van der Waals surface area (Å²) in [5.41, 5.74) is 3.24. The van der Waals surface area contributed by atoms with E-state index in [0.717, 1.165) is 48.3 Å². The van der Waals surface area contributed by atoms with Gasteiger partial charge in [0.25, 0.3) is 0 Å². The van der Waals surface area contributed by atoms with E-state index in [1.165, 1.54) is 12.8 Å². The van der Waals surface area contributed by atoms with Gasteiger partial charge in [0.05, 0.1) is 6.61 Å². The Balaban J connectivity index is 2.07. The maximum atomic E-state index is 9.84. The fraction of sp³-hybridized carbons (Fsp3) is 0.400. The van der Waals surface area contributed by atoms with E-state index in [0.29, 0.717) is 6.04 Å². The highest BCUT2D eigenvalue weighted by Crippen LogP contribution is 2.32. The Labute approximate surface area is 171 Å². The van der Waals surface area contributed by atoms with Crippen LogP contribution in [0.5, 0.6) is 11.5 Å². The number of ether oxygens (including phenoxy) is 1. The van der Waals surface area contributed by atoms with Gasteiger partial charge in [0, 0.05) is 0 Å². The molecule has 26 heavy (non-hydrogen) atoms. The predicted octanol–water partition coefficient (Wildman–Crippen LogP) is 7.22. The first-order valence-electron chi connectivity index (χ1n) is 9.01. The van der Waals surface area contributed by atoms with Crippen molar-refractivity contribution in [3.63, 3.8) is 0 Å². The van der Waals surface area contributed by atoms with E-state index in [4.69, 9.17) is 38.0 Å². The molecule has 0 amide bonds. The second-order valence-corrected chi connectivity index (χ2v) is 15.7. The second kappa shape index (κ2) is 10.5. The molecule has 0 atom stereocenters. The summed E-state index contributed by atoms with van der Waals surface area (Å²) in [4.78, 5) is 0. The minimum Gasteiger partial charge on any atom is -0.508 e. The van der Waals surface area contributed by atoms with Gasteiger partial charge in [-0.1, -0.05) is 38.0 Å². The van der Waals surface area contributed by atoms with E-state index in [1.54, 1.807) is 12.1 Å². The summed E-state index contributed by atoms with van der Waals surface area (Å²) in [7, 11) is 0. The molecule has 0 unspecified atom stereocenters. The first-order valence-corrected chi connectivity index (χ1v) is 14.2. The van der Waals surface area contributed by atoms with E-state index < -0.39 is 6.00 Å². The number of halogens is 3. The van der Waals surface area contributed by atoms with Crippen molar-refractivity contribution in [3.8, 4) is 22.6 Å². The standard InChI is InChI=1S/C20H25Cl3O2Si/c1-2-3-4-13-25-19-10-7-16(8-11-19)20-12-9-18(24)15-17(20)6-5-14-26(21,22)23/h7-12,15,24H,2-6,13-14H2,1H3. The maximum absolute atomic E-state index is 9.84. The summed E-state index contributed by atoms with van der Waals surface area (Å²) in [5, 5.41) is 9.84. The number of aromatic hydroxyl groups is 1. The highest BCUT2D eigenvalue weighted by atomic mass is 35.8. The van der Waals surface area contributed by atoms with Crippen molar-refractivity contribution in [3.05, 3.63) is 48.0 Å². The van der Waals surface area contributed by atoms with Crippen molar-refractivity contribution in [1.29, 1.82) is 0 Å². The third-order valence-corrected chi connectivity index (χ3v) is 6.80. The van der Waals surface area contributed by atoms with Crippen LogP contribution in [-0.4, -0.2) is 17.7 Å². The van der Waals surface area contributed by atoms with Crippen molar-refractivity contribution in [2.45, 2.75) is 45.1 Å². The fourth-order valence-corrected chi connectivity index (χ4v) is 4.60. The number of hydrogen-bond donors (Lipinski definition) is 1. The molecule has 0 heterocycles. The largest absolute Gasteiger partial charge is 0.508 e. The van der Waals surface area contributed by atoms with Crippen LogP contribution in [0.3, 0.4) is 0 Å². The van der Waals surface area contributed by atoms with Crippen molar-refractivity contribution in [2.24, 2.45) is 0 Å². The van der Waals surface area contributed by atoms with Crippen LogP contribution in [-0.2, 0) is 6.42 Å². The smallest absolute Gasteiger partial charge is 0.341 e. The van der Waals surface area contributed by atoms with Gasteiger partial charge in [-0.3, -0.25) is 0 Å². The molecule has 0 spiro atoms. The number of unbranched alkanes of at least 4 members (excludes halogenated alkanes) is 2. The molecule has 0 aromatic heterocycles. The Morgan fingerprint density at radius 1 is 0.962 bits per heavy atom. The number of rotatable bonds is 10. The second-order valence-electron chi connectivity index (χ2n) is 6.39. The Bertz CT molecular complexity index is 684. The number of hydrogen-bond acceptors (Lipinski definition) is 2. The molecule has 0 fully saturated rings. The van der Waals surface area contributed by atoms with E-state index in [2.05, 4.69) is 19.1 Å². The lowest BCUT2D eigenvalue weighted by Crippen LogP contribution is -2.08. The fourth-order valence-electron chi connectivity index (χ4n) is 2.82. The van der Waals surface area contributed by atoms with Gasteiger partial charge in [0.15, 0.2) is 0 Å². The lowest BCUT2D eigenvalue weighted by Gasteiger charge is -2.13. The predicted molar refractivity (Wildman–Crippen MR) is 115 cm³/mol. The summed E-state index contributed by atoms with van der Waals surface area (Å²) < 4.78 is 5.77. The van der Waals surface area contributed by atoms with Gasteiger partial charge in [-0.25, -0.2) is 0 Å². The molecule has 2 aromatic rings. The molecule has 0 radical (unpaired) electrons. The van der Waals surface area contributed by atoms with Gasteiger partial charge in [-0.05, 0) is 66.3 Å². The molecule has 0 bridgehead atoms. The zero-order valence-electron chi connectivity index (χ0n) is 15.0. The lowest BCUT2D eigenvalue weighted by molar-refractivity contribution is 0.306. The van der Waals surface area contributed by atoms with E-state index in [1.807, 2.05) is 18.2 Å². The zero-order valence-corrected chi connectivity index (χ0v) is 18.2. The number of aryl methyl sites for hydroxylation is 1. The molecule has 2 aromatic carbocycles. The van der Waals surface area contributed by atoms with Crippen molar-refractivity contribution >= 4 is 39.2 Å². The van der Waals surface area contributed by atoms with Crippen LogP contribution in [0.1, 0.15) is 38.2 Å². The third-order valence-electron chi connectivity index (χ3n) is 4.18. The van der Waals surface area contributed by atoms with E-state index >= 15 is 0 Å². The monoisotopic (exact) mass is 430 g/mol. The van der Waals surface area contributed by atoms with Gasteiger partial charge < -0.3 is 9.84 Å². The highest BCUT2D eigenvalue weighted by molar-refractivity contribution is 7.64. The zero-order chi connectivity index (χ0) is 19.0. The van der Waals surface area contributed by atoms with Crippen molar-refractivity contribution in [2.75, 3.05) is 6.61 Å². The molecule has 142 valence electrons. The number of benzene rings is 2.